The minimum Gasteiger partial charge on any atom is -0.369 e. The van der Waals surface area contributed by atoms with Gasteiger partial charge in [-0.15, -0.1) is 0 Å². The molecular formula is C15H20BrNO. The van der Waals surface area contributed by atoms with Crippen molar-refractivity contribution >= 4 is 27.9 Å². The van der Waals surface area contributed by atoms with Crippen molar-refractivity contribution < 1.29 is 4.79 Å². The molecule has 0 aromatic heterocycles. The summed E-state index contributed by atoms with van der Waals surface area (Å²) in [5, 5.41) is 0. The number of anilines is 1. The number of rotatable bonds is 3. The third kappa shape index (κ3) is 2.94. The van der Waals surface area contributed by atoms with Crippen molar-refractivity contribution in [3.8, 4) is 0 Å². The summed E-state index contributed by atoms with van der Waals surface area (Å²) < 4.78 is 0.897. The molecule has 1 fully saturated rings. The Morgan fingerprint density at radius 3 is 2.89 bits per heavy atom. The van der Waals surface area contributed by atoms with Gasteiger partial charge in [0.15, 0.2) is 6.29 Å². The van der Waals surface area contributed by atoms with Crippen LogP contribution >= 0.6 is 15.9 Å². The molecule has 1 aromatic rings. The molecule has 2 nitrogen and oxygen atoms in total. The smallest absolute Gasteiger partial charge is 0.151 e. The maximum Gasteiger partial charge on any atom is 0.151 e. The Hall–Kier alpha value is -0.830. The summed E-state index contributed by atoms with van der Waals surface area (Å²) in [6.45, 7) is 3.39. The number of benzene rings is 1. The minimum atomic E-state index is 0.640. The van der Waals surface area contributed by atoms with Gasteiger partial charge in [0.05, 0.1) is 0 Å². The Bertz CT molecular complexity index is 419. The first-order valence-corrected chi connectivity index (χ1v) is 7.57. The van der Waals surface area contributed by atoms with E-state index in [9.17, 15) is 4.79 Å². The van der Waals surface area contributed by atoms with Crippen LogP contribution in [0.4, 0.5) is 5.69 Å². The molecule has 1 aliphatic rings. The zero-order valence-electron chi connectivity index (χ0n) is 10.9. The van der Waals surface area contributed by atoms with Gasteiger partial charge in [0.2, 0.25) is 0 Å². The lowest BCUT2D eigenvalue weighted by molar-refractivity contribution is 0.112. The molecule has 0 N–H and O–H groups in total. The largest absolute Gasteiger partial charge is 0.369 e. The van der Waals surface area contributed by atoms with Gasteiger partial charge >= 0.3 is 0 Å². The number of hydrogen-bond acceptors (Lipinski definition) is 2. The highest BCUT2D eigenvalue weighted by Crippen LogP contribution is 2.29. The van der Waals surface area contributed by atoms with Crippen molar-refractivity contribution in [1.82, 2.24) is 0 Å². The molecule has 0 amide bonds. The summed E-state index contributed by atoms with van der Waals surface area (Å²) >= 11 is 3.48. The van der Waals surface area contributed by atoms with E-state index in [-0.39, 0.29) is 0 Å². The van der Waals surface area contributed by atoms with E-state index in [4.69, 9.17) is 0 Å². The first-order valence-electron chi connectivity index (χ1n) is 6.77. The molecule has 1 aliphatic heterocycles. The van der Waals surface area contributed by atoms with Crippen LogP contribution in [0.3, 0.4) is 0 Å². The van der Waals surface area contributed by atoms with E-state index in [2.05, 4.69) is 39.9 Å². The summed E-state index contributed by atoms with van der Waals surface area (Å²) in [7, 11) is 0. The van der Waals surface area contributed by atoms with E-state index in [1.165, 1.54) is 37.8 Å². The van der Waals surface area contributed by atoms with Crippen molar-refractivity contribution in [2.24, 2.45) is 0 Å². The molecule has 18 heavy (non-hydrogen) atoms. The first-order chi connectivity index (χ1) is 8.76. The summed E-state index contributed by atoms with van der Waals surface area (Å²) in [4.78, 5) is 13.4. The SMILES string of the molecule is CCC1CCCCCN1c1ccc(C=O)c(Br)c1. The lowest BCUT2D eigenvalue weighted by Crippen LogP contribution is -2.34. The minimum absolute atomic E-state index is 0.640. The summed E-state index contributed by atoms with van der Waals surface area (Å²) in [5.41, 5.74) is 1.96. The average molecular weight is 310 g/mol. The van der Waals surface area contributed by atoms with Gasteiger partial charge in [0.25, 0.3) is 0 Å². The predicted molar refractivity (Wildman–Crippen MR) is 79.4 cm³/mol. The van der Waals surface area contributed by atoms with Gasteiger partial charge in [-0.1, -0.05) is 19.8 Å². The molecule has 1 saturated heterocycles. The highest BCUT2D eigenvalue weighted by Gasteiger charge is 2.20. The molecule has 1 atom stereocenters. The highest BCUT2D eigenvalue weighted by atomic mass is 79.9. The quantitative estimate of drug-likeness (QED) is 0.770. The molecule has 0 bridgehead atoms. The van der Waals surface area contributed by atoms with E-state index >= 15 is 0 Å². The van der Waals surface area contributed by atoms with Gasteiger partial charge in [-0.2, -0.15) is 0 Å². The third-order valence-electron chi connectivity index (χ3n) is 3.79. The maximum absolute atomic E-state index is 10.8. The van der Waals surface area contributed by atoms with Gasteiger partial charge in [0.1, 0.15) is 0 Å². The zero-order chi connectivity index (χ0) is 13.0. The number of carbonyl (C=O) groups excluding carboxylic acids is 1. The number of nitrogens with zero attached hydrogens (tertiary/aromatic N) is 1. The van der Waals surface area contributed by atoms with E-state index < -0.39 is 0 Å². The highest BCUT2D eigenvalue weighted by molar-refractivity contribution is 9.10. The summed E-state index contributed by atoms with van der Waals surface area (Å²) in [6, 6.07) is 6.70. The van der Waals surface area contributed by atoms with Crippen LogP contribution in [0.25, 0.3) is 0 Å². The molecule has 0 saturated carbocycles. The standard InChI is InChI=1S/C15H20BrNO/c1-2-13-6-4-3-5-9-17(13)14-8-7-12(11-18)15(16)10-14/h7-8,10-11,13H,2-6,9H2,1H3. The van der Waals surface area contributed by atoms with Gasteiger partial charge in [0, 0.05) is 28.3 Å². The van der Waals surface area contributed by atoms with Crippen molar-refractivity contribution in [3.05, 3.63) is 28.2 Å². The van der Waals surface area contributed by atoms with Crippen molar-refractivity contribution in [2.75, 3.05) is 11.4 Å². The Labute approximate surface area is 117 Å². The summed E-state index contributed by atoms with van der Waals surface area (Å²) in [5.74, 6) is 0. The lowest BCUT2D eigenvalue weighted by Gasteiger charge is -2.31. The van der Waals surface area contributed by atoms with E-state index in [1.54, 1.807) is 0 Å². The normalized spacial score (nSPS) is 20.6. The van der Waals surface area contributed by atoms with Crippen LogP contribution < -0.4 is 4.90 Å². The fourth-order valence-corrected chi connectivity index (χ4v) is 3.19. The molecule has 0 spiro atoms. The second kappa shape index (κ2) is 6.37. The van der Waals surface area contributed by atoms with Gasteiger partial charge in [-0.05, 0) is 53.4 Å². The zero-order valence-corrected chi connectivity index (χ0v) is 12.4. The van der Waals surface area contributed by atoms with Crippen LogP contribution in [-0.4, -0.2) is 18.9 Å². The second-order valence-corrected chi connectivity index (χ2v) is 5.78. The molecule has 1 unspecified atom stereocenters. The Morgan fingerprint density at radius 2 is 2.22 bits per heavy atom. The number of aldehydes is 1. The fourth-order valence-electron chi connectivity index (χ4n) is 2.73. The van der Waals surface area contributed by atoms with E-state index in [1.807, 2.05) is 6.07 Å². The molecule has 3 heteroatoms. The number of hydrogen-bond donors (Lipinski definition) is 0. The average Bonchev–Trinajstić information content (AvgIpc) is 2.63. The Kier molecular flexibility index (Phi) is 4.81. The topological polar surface area (TPSA) is 20.3 Å². The fraction of sp³-hybridized carbons (Fsp3) is 0.533. The predicted octanol–water partition coefficient (Wildman–Crippen LogP) is 4.42. The third-order valence-corrected chi connectivity index (χ3v) is 4.48. The monoisotopic (exact) mass is 309 g/mol. The molecule has 0 radical (unpaired) electrons. The van der Waals surface area contributed by atoms with Crippen LogP contribution in [0.1, 0.15) is 49.4 Å². The van der Waals surface area contributed by atoms with Crippen LogP contribution in [-0.2, 0) is 0 Å². The van der Waals surface area contributed by atoms with Crippen LogP contribution in [0.15, 0.2) is 22.7 Å². The van der Waals surface area contributed by atoms with Gasteiger partial charge in [-0.25, -0.2) is 0 Å². The molecule has 98 valence electrons. The molecule has 1 heterocycles. The first kappa shape index (κ1) is 13.6. The molecule has 0 aliphatic carbocycles. The molecule has 2 rings (SSSR count). The van der Waals surface area contributed by atoms with Crippen LogP contribution in [0.2, 0.25) is 0 Å². The Morgan fingerprint density at radius 1 is 1.39 bits per heavy atom. The molecule has 1 aromatic carbocycles. The summed E-state index contributed by atoms with van der Waals surface area (Å²) in [6.07, 6.45) is 7.30. The van der Waals surface area contributed by atoms with E-state index in [0.717, 1.165) is 22.9 Å². The second-order valence-electron chi connectivity index (χ2n) is 4.93. The van der Waals surface area contributed by atoms with Crippen molar-refractivity contribution in [3.63, 3.8) is 0 Å². The van der Waals surface area contributed by atoms with Crippen LogP contribution in [0.5, 0.6) is 0 Å². The van der Waals surface area contributed by atoms with Gasteiger partial charge in [-0.3, -0.25) is 4.79 Å². The van der Waals surface area contributed by atoms with Gasteiger partial charge < -0.3 is 4.90 Å². The van der Waals surface area contributed by atoms with Crippen LogP contribution in [0, 0.1) is 0 Å². The van der Waals surface area contributed by atoms with Crippen molar-refractivity contribution in [1.29, 1.82) is 0 Å². The van der Waals surface area contributed by atoms with E-state index in [0.29, 0.717) is 6.04 Å². The number of halogens is 1. The maximum atomic E-state index is 10.8. The lowest BCUT2D eigenvalue weighted by atomic mass is 10.1. The number of carbonyl (C=O) groups is 1. The molecular weight excluding hydrogens is 290 g/mol. The van der Waals surface area contributed by atoms with Crippen molar-refractivity contribution in [2.45, 2.75) is 45.1 Å². The Balaban J connectivity index is 2.27.